The Kier molecular flexibility index (Phi) is 5.42. The van der Waals surface area contributed by atoms with Gasteiger partial charge in [0.1, 0.15) is 5.75 Å². The molecule has 4 aromatic rings. The second-order valence-corrected chi connectivity index (χ2v) is 8.88. The van der Waals surface area contributed by atoms with E-state index in [-0.39, 0.29) is 11.4 Å². The van der Waals surface area contributed by atoms with Crippen molar-refractivity contribution in [2.75, 3.05) is 11.4 Å². The van der Waals surface area contributed by atoms with E-state index in [0.717, 1.165) is 22.0 Å². The van der Waals surface area contributed by atoms with Crippen molar-refractivity contribution in [1.82, 2.24) is 4.98 Å². The van der Waals surface area contributed by atoms with Crippen molar-refractivity contribution in [2.45, 2.75) is 18.4 Å². The van der Waals surface area contributed by atoms with Crippen molar-refractivity contribution >= 4 is 26.6 Å². The van der Waals surface area contributed by atoms with Crippen LogP contribution in [0.1, 0.15) is 11.1 Å². The Bertz CT molecular complexity index is 1260. The normalized spacial score (nSPS) is 11.4. The maximum atomic E-state index is 13.6. The molecular weight excluding hydrogens is 396 g/mol. The highest BCUT2D eigenvalue weighted by molar-refractivity contribution is 7.92. The molecule has 30 heavy (non-hydrogen) atoms. The number of para-hydroxylation sites is 1. The summed E-state index contributed by atoms with van der Waals surface area (Å²) in [5.41, 5.74) is 3.18. The molecule has 1 heterocycles. The van der Waals surface area contributed by atoms with Gasteiger partial charge in [-0.15, -0.1) is 0 Å². The van der Waals surface area contributed by atoms with E-state index in [1.54, 1.807) is 61.8 Å². The Hall–Kier alpha value is -3.38. The minimum absolute atomic E-state index is 0.164. The molecule has 4 rings (SSSR count). The molecule has 0 amide bonds. The highest BCUT2D eigenvalue weighted by atomic mass is 32.2. The zero-order chi connectivity index (χ0) is 21.1. The van der Waals surface area contributed by atoms with E-state index in [1.807, 2.05) is 37.3 Å². The molecule has 0 fully saturated rings. The lowest BCUT2D eigenvalue weighted by Gasteiger charge is -2.25. The molecule has 1 aromatic heterocycles. The minimum atomic E-state index is -3.79. The van der Waals surface area contributed by atoms with Crippen molar-refractivity contribution in [3.8, 4) is 5.75 Å². The number of rotatable bonds is 6. The van der Waals surface area contributed by atoms with Crippen molar-refractivity contribution in [3.63, 3.8) is 0 Å². The van der Waals surface area contributed by atoms with Gasteiger partial charge in [0, 0.05) is 11.6 Å². The van der Waals surface area contributed by atoms with Crippen LogP contribution >= 0.6 is 0 Å². The lowest BCUT2D eigenvalue weighted by molar-refractivity contribution is 0.415. The zero-order valence-corrected chi connectivity index (χ0v) is 17.6. The molecule has 0 saturated carbocycles. The van der Waals surface area contributed by atoms with Gasteiger partial charge in [0.25, 0.3) is 10.0 Å². The third kappa shape index (κ3) is 3.86. The summed E-state index contributed by atoms with van der Waals surface area (Å²) in [7, 11) is -2.21. The first-order chi connectivity index (χ1) is 14.5. The van der Waals surface area contributed by atoms with Crippen molar-refractivity contribution in [3.05, 3.63) is 96.2 Å². The number of benzene rings is 3. The van der Waals surface area contributed by atoms with E-state index in [4.69, 9.17) is 4.74 Å². The Labute approximate surface area is 176 Å². The number of sulfonamides is 1. The first-order valence-corrected chi connectivity index (χ1v) is 11.0. The highest BCUT2D eigenvalue weighted by Gasteiger charge is 2.26. The van der Waals surface area contributed by atoms with Gasteiger partial charge in [-0.25, -0.2) is 8.42 Å². The molecule has 0 aliphatic carbocycles. The van der Waals surface area contributed by atoms with Gasteiger partial charge >= 0.3 is 0 Å². The topological polar surface area (TPSA) is 59.5 Å². The summed E-state index contributed by atoms with van der Waals surface area (Å²) < 4.78 is 33.9. The van der Waals surface area contributed by atoms with Crippen LogP contribution in [0, 0.1) is 6.92 Å². The number of hydrogen-bond acceptors (Lipinski definition) is 4. The fourth-order valence-corrected chi connectivity index (χ4v) is 4.79. The number of hydrogen-bond donors (Lipinski definition) is 0. The number of fused-ring (bicyclic) bond motifs is 1. The molecule has 0 spiro atoms. The second kappa shape index (κ2) is 8.16. The molecular formula is C24H22N2O3S. The Morgan fingerprint density at radius 1 is 0.900 bits per heavy atom. The fourth-order valence-electron chi connectivity index (χ4n) is 3.35. The molecule has 0 atom stereocenters. The lowest BCUT2D eigenvalue weighted by atomic mass is 10.1. The predicted octanol–water partition coefficient (Wildman–Crippen LogP) is 4.95. The Morgan fingerprint density at radius 2 is 1.60 bits per heavy atom. The first-order valence-electron chi connectivity index (χ1n) is 9.55. The van der Waals surface area contributed by atoms with Gasteiger partial charge in [-0.3, -0.25) is 9.29 Å². The van der Waals surface area contributed by atoms with Gasteiger partial charge in [0.2, 0.25) is 0 Å². The van der Waals surface area contributed by atoms with E-state index in [1.165, 1.54) is 4.31 Å². The predicted molar refractivity (Wildman–Crippen MR) is 119 cm³/mol. The molecule has 152 valence electrons. The summed E-state index contributed by atoms with van der Waals surface area (Å²) in [6, 6.07) is 23.6. The van der Waals surface area contributed by atoms with E-state index in [0.29, 0.717) is 11.4 Å². The fraction of sp³-hybridized carbons (Fsp3) is 0.125. The molecule has 0 aliphatic rings. The third-order valence-corrected chi connectivity index (χ3v) is 6.79. The molecule has 5 nitrogen and oxygen atoms in total. The van der Waals surface area contributed by atoms with Crippen LogP contribution in [0.25, 0.3) is 10.9 Å². The molecule has 0 unspecified atom stereocenters. The largest absolute Gasteiger partial charge is 0.497 e. The highest BCUT2D eigenvalue weighted by Crippen LogP contribution is 2.29. The molecule has 0 N–H and O–H groups in total. The maximum absolute atomic E-state index is 13.6. The van der Waals surface area contributed by atoms with Gasteiger partial charge < -0.3 is 4.74 Å². The van der Waals surface area contributed by atoms with E-state index < -0.39 is 10.0 Å². The van der Waals surface area contributed by atoms with E-state index >= 15 is 0 Å². The van der Waals surface area contributed by atoms with Crippen LogP contribution in [0.3, 0.4) is 0 Å². The summed E-state index contributed by atoms with van der Waals surface area (Å²) in [5.74, 6) is 0.665. The van der Waals surface area contributed by atoms with Crippen LogP contribution < -0.4 is 9.04 Å². The average Bonchev–Trinajstić information content (AvgIpc) is 2.78. The lowest BCUT2D eigenvalue weighted by Crippen LogP contribution is -2.30. The van der Waals surface area contributed by atoms with Gasteiger partial charge in [0.15, 0.2) is 0 Å². The summed E-state index contributed by atoms with van der Waals surface area (Å²) in [6.07, 6.45) is 1.72. The van der Waals surface area contributed by atoms with Crippen LogP contribution in [0.4, 0.5) is 5.69 Å². The number of nitrogens with zero attached hydrogens (tertiary/aromatic N) is 2. The number of anilines is 1. The first kappa shape index (κ1) is 19.9. The van der Waals surface area contributed by atoms with Crippen LogP contribution in [-0.2, 0) is 16.6 Å². The SMILES string of the molecule is COc1ccc(N(Cc2cccc3cccnc23)S(=O)(=O)c2ccc(C)cc2)cc1. The minimum Gasteiger partial charge on any atom is -0.497 e. The Morgan fingerprint density at radius 3 is 2.30 bits per heavy atom. The monoisotopic (exact) mass is 418 g/mol. The quantitative estimate of drug-likeness (QED) is 0.445. The molecule has 0 bridgehead atoms. The number of aryl methyl sites for hydroxylation is 1. The van der Waals surface area contributed by atoms with Crippen LogP contribution in [-0.4, -0.2) is 20.5 Å². The molecule has 0 saturated heterocycles. The van der Waals surface area contributed by atoms with Crippen molar-refractivity contribution < 1.29 is 13.2 Å². The molecule has 6 heteroatoms. The molecule has 0 radical (unpaired) electrons. The molecule has 3 aromatic carbocycles. The van der Waals surface area contributed by atoms with Crippen LogP contribution in [0.5, 0.6) is 5.75 Å². The standard InChI is InChI=1S/C24H22N2O3S/c1-18-8-14-23(15-9-18)30(27,28)26(21-10-12-22(29-2)13-11-21)17-20-6-3-5-19-7-4-16-25-24(19)20/h3-16H,17H2,1-2H3. The van der Waals surface area contributed by atoms with Gasteiger partial charge in [-0.05, 0) is 55.0 Å². The summed E-state index contributed by atoms with van der Waals surface area (Å²) in [4.78, 5) is 4.73. The van der Waals surface area contributed by atoms with Crippen LogP contribution in [0.15, 0.2) is 90.0 Å². The van der Waals surface area contributed by atoms with E-state index in [9.17, 15) is 8.42 Å². The average molecular weight is 419 g/mol. The van der Waals surface area contributed by atoms with Gasteiger partial charge in [0.05, 0.1) is 29.8 Å². The number of pyridine rings is 1. The maximum Gasteiger partial charge on any atom is 0.264 e. The molecule has 0 aliphatic heterocycles. The van der Waals surface area contributed by atoms with Crippen molar-refractivity contribution in [1.29, 1.82) is 0 Å². The second-order valence-electron chi connectivity index (χ2n) is 7.02. The van der Waals surface area contributed by atoms with E-state index in [2.05, 4.69) is 4.98 Å². The Balaban J connectivity index is 1.83. The van der Waals surface area contributed by atoms with Crippen LogP contribution in [0.2, 0.25) is 0 Å². The zero-order valence-electron chi connectivity index (χ0n) is 16.8. The van der Waals surface area contributed by atoms with Gasteiger partial charge in [-0.2, -0.15) is 0 Å². The summed E-state index contributed by atoms with van der Waals surface area (Å²) >= 11 is 0. The summed E-state index contributed by atoms with van der Waals surface area (Å²) in [5, 5.41) is 0.970. The van der Waals surface area contributed by atoms with Crippen molar-refractivity contribution in [2.24, 2.45) is 0 Å². The summed E-state index contributed by atoms with van der Waals surface area (Å²) in [6.45, 7) is 2.09. The third-order valence-electron chi connectivity index (χ3n) is 5.00. The number of methoxy groups -OCH3 is 1. The van der Waals surface area contributed by atoms with Gasteiger partial charge in [-0.1, -0.05) is 42.0 Å². The number of ether oxygens (including phenoxy) is 1. The number of aromatic nitrogens is 1. The smallest absolute Gasteiger partial charge is 0.264 e.